The Balaban J connectivity index is 2.85. The zero-order chi connectivity index (χ0) is 8.97. The molecule has 0 spiro atoms. The third kappa shape index (κ3) is 2.12. The smallest absolute Gasteiger partial charge is 0.0361 e. The van der Waals surface area contributed by atoms with Crippen LogP contribution in [0.2, 0.25) is 0 Å². The second kappa shape index (κ2) is 3.96. The number of anilines is 1. The SMILES string of the molecule is [CH2]C=Cc1ccc(N(C)C)cc1. The summed E-state index contributed by atoms with van der Waals surface area (Å²) in [5.41, 5.74) is 2.41. The molecule has 1 aromatic carbocycles. The van der Waals surface area contributed by atoms with Crippen LogP contribution < -0.4 is 4.90 Å². The van der Waals surface area contributed by atoms with E-state index in [1.54, 1.807) is 6.08 Å². The fourth-order valence-corrected chi connectivity index (χ4v) is 1.02. The van der Waals surface area contributed by atoms with Crippen LogP contribution in [0.3, 0.4) is 0 Å². The van der Waals surface area contributed by atoms with E-state index < -0.39 is 0 Å². The fraction of sp³-hybridized carbons (Fsp3) is 0.182. The van der Waals surface area contributed by atoms with E-state index in [2.05, 4.69) is 36.1 Å². The highest BCUT2D eigenvalue weighted by molar-refractivity contribution is 5.55. The van der Waals surface area contributed by atoms with Crippen LogP contribution in [-0.4, -0.2) is 14.1 Å². The highest BCUT2D eigenvalue weighted by Crippen LogP contribution is 2.12. The summed E-state index contributed by atoms with van der Waals surface area (Å²) in [5.74, 6) is 0. The second-order valence-electron chi connectivity index (χ2n) is 2.89. The minimum atomic E-state index is 1.19. The van der Waals surface area contributed by atoms with Gasteiger partial charge in [-0.05, 0) is 24.6 Å². The number of hydrogen-bond acceptors (Lipinski definition) is 1. The van der Waals surface area contributed by atoms with E-state index in [1.165, 1.54) is 11.3 Å². The molecule has 0 amide bonds. The Kier molecular flexibility index (Phi) is 2.92. The van der Waals surface area contributed by atoms with E-state index in [0.717, 1.165) is 0 Å². The Labute approximate surface area is 74.3 Å². The molecule has 0 N–H and O–H groups in total. The summed E-state index contributed by atoms with van der Waals surface area (Å²) in [4.78, 5) is 2.08. The molecule has 63 valence electrons. The van der Waals surface area contributed by atoms with Crippen LogP contribution in [-0.2, 0) is 0 Å². The average molecular weight is 160 g/mol. The monoisotopic (exact) mass is 160 g/mol. The maximum atomic E-state index is 3.65. The summed E-state index contributed by atoms with van der Waals surface area (Å²) in [7, 11) is 4.07. The van der Waals surface area contributed by atoms with E-state index in [0.29, 0.717) is 0 Å². The van der Waals surface area contributed by atoms with Crippen LogP contribution in [0.5, 0.6) is 0 Å². The van der Waals surface area contributed by atoms with E-state index in [4.69, 9.17) is 0 Å². The third-order valence-corrected chi connectivity index (χ3v) is 1.72. The third-order valence-electron chi connectivity index (χ3n) is 1.72. The Morgan fingerprint density at radius 3 is 2.17 bits per heavy atom. The molecule has 0 aliphatic heterocycles. The van der Waals surface area contributed by atoms with Crippen LogP contribution in [0.4, 0.5) is 5.69 Å². The molecule has 0 aliphatic rings. The molecule has 0 saturated carbocycles. The van der Waals surface area contributed by atoms with Gasteiger partial charge in [-0.3, -0.25) is 0 Å². The van der Waals surface area contributed by atoms with Gasteiger partial charge in [-0.15, -0.1) is 0 Å². The molecule has 0 fully saturated rings. The van der Waals surface area contributed by atoms with Crippen molar-refractivity contribution < 1.29 is 0 Å². The summed E-state index contributed by atoms with van der Waals surface area (Å²) in [6.07, 6.45) is 3.78. The first kappa shape index (κ1) is 8.85. The predicted molar refractivity (Wildman–Crippen MR) is 55.2 cm³/mol. The zero-order valence-electron chi connectivity index (χ0n) is 7.62. The van der Waals surface area contributed by atoms with Crippen LogP contribution in [0.15, 0.2) is 30.3 Å². The van der Waals surface area contributed by atoms with Crippen LogP contribution >= 0.6 is 0 Å². The summed E-state index contributed by atoms with van der Waals surface area (Å²) >= 11 is 0. The minimum Gasteiger partial charge on any atom is -0.378 e. The molecule has 0 aliphatic carbocycles. The van der Waals surface area contributed by atoms with Crippen LogP contribution in [0.1, 0.15) is 5.56 Å². The molecule has 1 aromatic rings. The predicted octanol–water partition coefficient (Wildman–Crippen LogP) is 2.60. The zero-order valence-corrected chi connectivity index (χ0v) is 7.62. The molecule has 0 saturated heterocycles. The average Bonchev–Trinajstić information content (AvgIpc) is 2.06. The highest BCUT2D eigenvalue weighted by Gasteiger charge is 1.92. The topological polar surface area (TPSA) is 3.24 Å². The number of nitrogens with zero attached hydrogens (tertiary/aromatic N) is 1. The van der Waals surface area contributed by atoms with E-state index >= 15 is 0 Å². The lowest BCUT2D eigenvalue weighted by Crippen LogP contribution is -2.07. The van der Waals surface area contributed by atoms with E-state index in [-0.39, 0.29) is 0 Å². The molecule has 0 atom stereocenters. The molecule has 0 bridgehead atoms. The van der Waals surface area contributed by atoms with Gasteiger partial charge in [-0.1, -0.05) is 24.3 Å². The first-order chi connectivity index (χ1) is 5.74. The number of rotatable bonds is 2. The van der Waals surface area contributed by atoms with Gasteiger partial charge in [0.2, 0.25) is 0 Å². The van der Waals surface area contributed by atoms with E-state index in [1.807, 2.05) is 20.2 Å². The van der Waals surface area contributed by atoms with Crippen molar-refractivity contribution in [2.75, 3.05) is 19.0 Å². The summed E-state index contributed by atoms with van der Waals surface area (Å²) < 4.78 is 0. The van der Waals surface area contributed by atoms with Gasteiger partial charge < -0.3 is 4.90 Å². The van der Waals surface area contributed by atoms with Gasteiger partial charge in [0.25, 0.3) is 0 Å². The van der Waals surface area contributed by atoms with E-state index in [9.17, 15) is 0 Å². The van der Waals surface area contributed by atoms with Crippen molar-refractivity contribution in [1.82, 2.24) is 0 Å². The maximum Gasteiger partial charge on any atom is 0.0361 e. The lowest BCUT2D eigenvalue weighted by molar-refractivity contribution is 1.13. The normalized spacial score (nSPS) is 10.6. The summed E-state index contributed by atoms with van der Waals surface area (Å²) in [6, 6.07) is 8.35. The van der Waals surface area contributed by atoms with Crippen molar-refractivity contribution in [2.45, 2.75) is 0 Å². The largest absolute Gasteiger partial charge is 0.378 e. The van der Waals surface area contributed by atoms with Crippen molar-refractivity contribution in [3.8, 4) is 0 Å². The standard InChI is InChI=1S/C11H14N/c1-4-5-10-6-8-11(9-7-10)12(2)3/h4-9H,1H2,2-3H3. The molecule has 0 heterocycles. The van der Waals surface area contributed by atoms with Crippen molar-refractivity contribution in [1.29, 1.82) is 0 Å². The molecule has 1 heteroatoms. The lowest BCUT2D eigenvalue weighted by Gasteiger charge is -2.11. The van der Waals surface area contributed by atoms with Gasteiger partial charge in [-0.25, -0.2) is 0 Å². The van der Waals surface area contributed by atoms with Gasteiger partial charge >= 0.3 is 0 Å². The Bertz CT molecular complexity index is 257. The summed E-state index contributed by atoms with van der Waals surface area (Å²) in [6.45, 7) is 3.65. The van der Waals surface area contributed by atoms with Crippen molar-refractivity contribution in [3.05, 3.63) is 42.8 Å². The molecule has 1 nitrogen and oxygen atoms in total. The Morgan fingerprint density at radius 2 is 1.75 bits per heavy atom. The minimum absolute atomic E-state index is 1.19. The quantitative estimate of drug-likeness (QED) is 0.642. The van der Waals surface area contributed by atoms with Crippen LogP contribution in [0, 0.1) is 6.92 Å². The van der Waals surface area contributed by atoms with Gasteiger partial charge in [0.1, 0.15) is 0 Å². The second-order valence-corrected chi connectivity index (χ2v) is 2.89. The molecule has 1 rings (SSSR count). The van der Waals surface area contributed by atoms with Crippen LogP contribution in [0.25, 0.3) is 6.08 Å². The number of hydrogen-bond donors (Lipinski definition) is 0. The number of benzene rings is 1. The summed E-state index contributed by atoms with van der Waals surface area (Å²) in [5, 5.41) is 0. The first-order valence-electron chi connectivity index (χ1n) is 3.97. The molecule has 0 aromatic heterocycles. The Hall–Kier alpha value is -1.24. The van der Waals surface area contributed by atoms with Crippen molar-refractivity contribution in [3.63, 3.8) is 0 Å². The van der Waals surface area contributed by atoms with Gasteiger partial charge in [0.05, 0.1) is 0 Å². The lowest BCUT2D eigenvalue weighted by atomic mass is 10.2. The maximum absolute atomic E-state index is 3.65. The molecular weight excluding hydrogens is 146 g/mol. The van der Waals surface area contributed by atoms with Gasteiger partial charge in [0.15, 0.2) is 0 Å². The number of allylic oxidation sites excluding steroid dienone is 1. The van der Waals surface area contributed by atoms with Gasteiger partial charge in [-0.2, -0.15) is 0 Å². The van der Waals surface area contributed by atoms with Crippen molar-refractivity contribution in [2.24, 2.45) is 0 Å². The molecule has 1 radical (unpaired) electrons. The molecule has 12 heavy (non-hydrogen) atoms. The fourth-order valence-electron chi connectivity index (χ4n) is 1.02. The highest BCUT2D eigenvalue weighted by atomic mass is 15.1. The van der Waals surface area contributed by atoms with Gasteiger partial charge in [0, 0.05) is 19.8 Å². The Morgan fingerprint density at radius 1 is 1.17 bits per heavy atom. The van der Waals surface area contributed by atoms with Crippen molar-refractivity contribution >= 4 is 11.8 Å². The molecule has 0 unspecified atom stereocenters. The first-order valence-corrected chi connectivity index (χ1v) is 3.97. The molecular formula is C11H14N.